The molecule has 0 radical (unpaired) electrons. The number of carbonyl (C=O) groups is 1. The van der Waals surface area contributed by atoms with Crippen LogP contribution < -0.4 is 9.64 Å². The second-order valence-electron chi connectivity index (χ2n) is 4.80. The molecular formula is C11H14N4O6. The summed E-state index contributed by atoms with van der Waals surface area (Å²) < 4.78 is 10.1. The van der Waals surface area contributed by atoms with Crippen LogP contribution in [0, 0.1) is 10.1 Å². The molecule has 10 heteroatoms. The lowest BCUT2D eigenvalue weighted by Crippen LogP contribution is -2.62. The molecule has 114 valence electrons. The topological polar surface area (TPSA) is 128 Å². The number of ether oxygens (including phenoxy) is 2. The Kier molecular flexibility index (Phi) is 3.89. The predicted octanol–water partition coefficient (Wildman–Crippen LogP) is 0.0733. The summed E-state index contributed by atoms with van der Waals surface area (Å²) in [5.74, 6) is -1.06. The maximum atomic E-state index is 11.1. The van der Waals surface area contributed by atoms with Crippen LogP contribution in [0.25, 0.3) is 0 Å². The van der Waals surface area contributed by atoms with E-state index in [4.69, 9.17) is 14.6 Å². The van der Waals surface area contributed by atoms with Gasteiger partial charge in [0, 0.05) is 0 Å². The van der Waals surface area contributed by atoms with Gasteiger partial charge in [-0.15, -0.1) is 0 Å². The van der Waals surface area contributed by atoms with E-state index in [1.165, 1.54) is 13.4 Å². The fraction of sp³-hybridized carbons (Fsp3) is 0.545. The van der Waals surface area contributed by atoms with Crippen molar-refractivity contribution < 1.29 is 24.3 Å². The van der Waals surface area contributed by atoms with Gasteiger partial charge in [0.2, 0.25) is 5.82 Å². The molecule has 1 saturated heterocycles. The van der Waals surface area contributed by atoms with Gasteiger partial charge in [0.25, 0.3) is 5.88 Å². The maximum absolute atomic E-state index is 11.1. The van der Waals surface area contributed by atoms with Crippen molar-refractivity contribution in [2.75, 3.05) is 31.7 Å². The highest BCUT2D eigenvalue weighted by Crippen LogP contribution is 2.38. The van der Waals surface area contributed by atoms with Crippen molar-refractivity contribution in [1.29, 1.82) is 0 Å². The Morgan fingerprint density at radius 3 is 2.76 bits per heavy atom. The number of anilines is 1. The average molecular weight is 298 g/mol. The van der Waals surface area contributed by atoms with Gasteiger partial charge in [-0.3, -0.25) is 10.1 Å². The first kappa shape index (κ1) is 14.9. The summed E-state index contributed by atoms with van der Waals surface area (Å²) in [6, 6.07) is 0. The molecule has 1 aromatic heterocycles. The summed E-state index contributed by atoms with van der Waals surface area (Å²) in [7, 11) is 1.29. The van der Waals surface area contributed by atoms with Gasteiger partial charge in [0.15, 0.2) is 0 Å². The Bertz CT molecular complexity index is 572. The SMILES string of the molecule is COc1ncnc(N2CC(C)(OCC(=O)O)C2)c1[N+](=O)[O-]. The minimum Gasteiger partial charge on any atom is -0.480 e. The zero-order valence-electron chi connectivity index (χ0n) is 11.5. The van der Waals surface area contributed by atoms with E-state index in [9.17, 15) is 14.9 Å². The number of aromatic nitrogens is 2. The fourth-order valence-electron chi connectivity index (χ4n) is 2.13. The lowest BCUT2D eigenvalue weighted by molar-refractivity contribution is -0.385. The van der Waals surface area contributed by atoms with Crippen LogP contribution in [-0.4, -0.2) is 58.4 Å². The standard InChI is InChI=1S/C11H14N4O6/c1-11(21-3-7(16)17)4-14(5-11)9-8(15(18)19)10(20-2)13-6-12-9/h6H,3-5H2,1-2H3,(H,16,17). The van der Waals surface area contributed by atoms with Gasteiger partial charge in [0.05, 0.1) is 25.1 Å². The molecule has 0 aromatic carbocycles. The molecular weight excluding hydrogens is 284 g/mol. The Labute approximate surface area is 119 Å². The lowest BCUT2D eigenvalue weighted by atomic mass is 9.96. The van der Waals surface area contributed by atoms with E-state index in [-0.39, 0.29) is 17.4 Å². The third-order valence-corrected chi connectivity index (χ3v) is 3.04. The average Bonchev–Trinajstić information content (AvgIpc) is 2.41. The molecule has 0 aliphatic carbocycles. The van der Waals surface area contributed by atoms with Crippen LogP contribution in [0.3, 0.4) is 0 Å². The Balaban J connectivity index is 2.15. The molecule has 2 heterocycles. The lowest BCUT2D eigenvalue weighted by Gasteiger charge is -2.47. The van der Waals surface area contributed by atoms with E-state index in [0.717, 1.165) is 0 Å². The molecule has 0 amide bonds. The normalized spacial score (nSPS) is 16.2. The minimum atomic E-state index is -1.07. The van der Waals surface area contributed by atoms with Crippen LogP contribution in [0.1, 0.15) is 6.92 Å². The molecule has 0 saturated carbocycles. The first-order valence-electron chi connectivity index (χ1n) is 6.00. The zero-order valence-corrected chi connectivity index (χ0v) is 11.5. The first-order chi connectivity index (χ1) is 9.86. The summed E-state index contributed by atoms with van der Waals surface area (Å²) in [6.07, 6.45) is 1.18. The second kappa shape index (κ2) is 5.48. The van der Waals surface area contributed by atoms with E-state index < -0.39 is 23.1 Å². The van der Waals surface area contributed by atoms with Crippen molar-refractivity contribution >= 4 is 17.5 Å². The van der Waals surface area contributed by atoms with Crippen molar-refractivity contribution in [1.82, 2.24) is 9.97 Å². The number of carboxylic acid groups (broad SMARTS) is 1. The van der Waals surface area contributed by atoms with Gasteiger partial charge in [-0.1, -0.05) is 0 Å². The Morgan fingerprint density at radius 2 is 2.24 bits per heavy atom. The highest BCUT2D eigenvalue weighted by atomic mass is 16.6. The minimum absolute atomic E-state index is 0.120. The van der Waals surface area contributed by atoms with Crippen molar-refractivity contribution in [2.45, 2.75) is 12.5 Å². The van der Waals surface area contributed by atoms with Gasteiger partial charge in [0.1, 0.15) is 18.5 Å². The number of hydrogen-bond acceptors (Lipinski definition) is 8. The molecule has 0 spiro atoms. The van der Waals surface area contributed by atoms with Crippen LogP contribution in [-0.2, 0) is 9.53 Å². The number of methoxy groups -OCH3 is 1. The Morgan fingerprint density at radius 1 is 1.57 bits per heavy atom. The van der Waals surface area contributed by atoms with Crippen LogP contribution in [0.2, 0.25) is 0 Å². The molecule has 10 nitrogen and oxygen atoms in total. The van der Waals surface area contributed by atoms with Gasteiger partial charge in [-0.25, -0.2) is 9.78 Å². The maximum Gasteiger partial charge on any atom is 0.372 e. The predicted molar refractivity (Wildman–Crippen MR) is 69.4 cm³/mol. The number of aliphatic carboxylic acids is 1. The van der Waals surface area contributed by atoms with E-state index in [1.54, 1.807) is 11.8 Å². The highest BCUT2D eigenvalue weighted by molar-refractivity contribution is 5.68. The summed E-state index contributed by atoms with van der Waals surface area (Å²) in [5, 5.41) is 19.7. The molecule has 1 N–H and O–H groups in total. The number of hydrogen-bond donors (Lipinski definition) is 1. The molecule has 1 aliphatic heterocycles. The molecule has 0 atom stereocenters. The molecule has 1 aromatic rings. The summed E-state index contributed by atoms with van der Waals surface area (Å²) >= 11 is 0. The molecule has 0 bridgehead atoms. The molecule has 1 aliphatic rings. The van der Waals surface area contributed by atoms with Crippen LogP contribution in [0.5, 0.6) is 5.88 Å². The zero-order chi connectivity index (χ0) is 15.6. The monoisotopic (exact) mass is 298 g/mol. The van der Waals surface area contributed by atoms with Gasteiger partial charge in [-0.05, 0) is 6.92 Å². The molecule has 21 heavy (non-hydrogen) atoms. The quantitative estimate of drug-likeness (QED) is 0.573. The molecule has 0 unspecified atom stereocenters. The van der Waals surface area contributed by atoms with Crippen molar-refractivity contribution in [2.24, 2.45) is 0 Å². The number of nitro groups is 1. The van der Waals surface area contributed by atoms with Crippen molar-refractivity contribution in [3.8, 4) is 5.88 Å². The Hall–Kier alpha value is -2.49. The first-order valence-corrected chi connectivity index (χ1v) is 6.00. The molecule has 2 rings (SSSR count). The van der Waals surface area contributed by atoms with Crippen LogP contribution >= 0.6 is 0 Å². The van der Waals surface area contributed by atoms with Crippen molar-refractivity contribution in [3.63, 3.8) is 0 Å². The smallest absolute Gasteiger partial charge is 0.372 e. The van der Waals surface area contributed by atoms with Gasteiger partial charge >= 0.3 is 11.7 Å². The highest BCUT2D eigenvalue weighted by Gasteiger charge is 2.44. The summed E-state index contributed by atoms with van der Waals surface area (Å²) in [5.41, 5.74) is -0.995. The third kappa shape index (κ3) is 2.99. The van der Waals surface area contributed by atoms with Crippen LogP contribution in [0.15, 0.2) is 6.33 Å². The van der Waals surface area contributed by atoms with E-state index in [2.05, 4.69) is 9.97 Å². The van der Waals surface area contributed by atoms with E-state index in [0.29, 0.717) is 13.1 Å². The summed E-state index contributed by atoms with van der Waals surface area (Å²) in [6.45, 7) is 1.90. The van der Waals surface area contributed by atoms with E-state index >= 15 is 0 Å². The van der Waals surface area contributed by atoms with Crippen LogP contribution in [0.4, 0.5) is 11.5 Å². The van der Waals surface area contributed by atoms with E-state index in [1.807, 2.05) is 0 Å². The van der Waals surface area contributed by atoms with Crippen molar-refractivity contribution in [3.05, 3.63) is 16.4 Å². The fourth-order valence-corrected chi connectivity index (χ4v) is 2.13. The number of nitrogens with zero attached hydrogens (tertiary/aromatic N) is 4. The number of rotatable bonds is 6. The summed E-state index contributed by atoms with van der Waals surface area (Å²) in [4.78, 5) is 30.3. The second-order valence-corrected chi connectivity index (χ2v) is 4.80. The van der Waals surface area contributed by atoms with Gasteiger partial charge < -0.3 is 19.5 Å². The molecule has 1 fully saturated rings. The largest absolute Gasteiger partial charge is 0.480 e. The third-order valence-electron chi connectivity index (χ3n) is 3.04. The van der Waals surface area contributed by atoms with Gasteiger partial charge in [-0.2, -0.15) is 4.98 Å². The number of carboxylic acids is 1.